The molecular weight excluding hydrogens is 420 g/mol. The summed E-state index contributed by atoms with van der Waals surface area (Å²) in [5.74, 6) is 2.59. The maximum atomic E-state index is 13.3. The number of benzene rings is 2. The SMILES string of the molecule is CC[C@H](C(=O)NCC(C)C)N(Cc1cccc(OC)c1)C(=O)CCSCc1ccccc1. The third kappa shape index (κ3) is 8.58. The Bertz CT molecular complexity index is 842. The zero-order valence-electron chi connectivity index (χ0n) is 19.7. The quantitative estimate of drug-likeness (QED) is 0.436. The normalized spacial score (nSPS) is 11.8. The van der Waals surface area contributed by atoms with Gasteiger partial charge in [-0.25, -0.2) is 0 Å². The van der Waals surface area contributed by atoms with Crippen LogP contribution in [0, 0.1) is 5.92 Å². The largest absolute Gasteiger partial charge is 0.497 e. The van der Waals surface area contributed by atoms with Crippen LogP contribution < -0.4 is 10.1 Å². The number of methoxy groups -OCH3 is 1. The van der Waals surface area contributed by atoms with Crippen LogP contribution in [-0.2, 0) is 21.9 Å². The number of nitrogens with one attached hydrogen (secondary N) is 1. The van der Waals surface area contributed by atoms with Gasteiger partial charge in [0.1, 0.15) is 11.8 Å². The lowest BCUT2D eigenvalue weighted by atomic mass is 10.1. The molecule has 0 unspecified atom stereocenters. The monoisotopic (exact) mass is 456 g/mol. The zero-order chi connectivity index (χ0) is 23.3. The van der Waals surface area contributed by atoms with Crippen LogP contribution in [0.25, 0.3) is 0 Å². The molecule has 2 aromatic rings. The van der Waals surface area contributed by atoms with E-state index in [-0.39, 0.29) is 11.8 Å². The third-order valence-corrected chi connectivity index (χ3v) is 6.16. The van der Waals surface area contributed by atoms with Crippen molar-refractivity contribution >= 4 is 23.6 Å². The molecule has 5 nitrogen and oxygen atoms in total. The first-order valence-corrected chi connectivity index (χ1v) is 12.4. The molecule has 6 heteroatoms. The number of carbonyl (C=O) groups is 2. The van der Waals surface area contributed by atoms with Gasteiger partial charge in [-0.3, -0.25) is 9.59 Å². The first kappa shape index (κ1) is 25.8. The Morgan fingerprint density at radius 2 is 1.78 bits per heavy atom. The van der Waals surface area contributed by atoms with Crippen LogP contribution in [0.2, 0.25) is 0 Å². The molecule has 2 rings (SSSR count). The van der Waals surface area contributed by atoms with Crippen molar-refractivity contribution in [2.75, 3.05) is 19.4 Å². The number of hydrogen-bond donors (Lipinski definition) is 1. The van der Waals surface area contributed by atoms with Gasteiger partial charge in [0.2, 0.25) is 11.8 Å². The number of rotatable bonds is 13. The molecule has 0 aromatic heterocycles. The molecule has 0 bridgehead atoms. The van der Waals surface area contributed by atoms with Crippen molar-refractivity contribution in [1.82, 2.24) is 10.2 Å². The van der Waals surface area contributed by atoms with Gasteiger partial charge < -0.3 is 15.0 Å². The topological polar surface area (TPSA) is 58.6 Å². The number of hydrogen-bond acceptors (Lipinski definition) is 4. The van der Waals surface area contributed by atoms with Crippen LogP contribution in [0.15, 0.2) is 54.6 Å². The van der Waals surface area contributed by atoms with Crippen molar-refractivity contribution < 1.29 is 14.3 Å². The van der Waals surface area contributed by atoms with Gasteiger partial charge in [0.25, 0.3) is 0 Å². The van der Waals surface area contributed by atoms with E-state index in [0.29, 0.717) is 37.6 Å². The third-order valence-electron chi connectivity index (χ3n) is 5.13. The Kier molecular flexibility index (Phi) is 11.2. The van der Waals surface area contributed by atoms with Crippen LogP contribution in [0.4, 0.5) is 0 Å². The van der Waals surface area contributed by atoms with Crippen molar-refractivity contribution in [2.24, 2.45) is 5.92 Å². The molecule has 174 valence electrons. The summed E-state index contributed by atoms with van der Waals surface area (Å²) in [6.07, 6.45) is 0.965. The fraction of sp³-hybridized carbons (Fsp3) is 0.462. The Hall–Kier alpha value is -2.47. The van der Waals surface area contributed by atoms with E-state index in [2.05, 4.69) is 31.3 Å². The number of thioether (sulfide) groups is 1. The maximum Gasteiger partial charge on any atom is 0.242 e. The number of nitrogens with zero attached hydrogens (tertiary/aromatic N) is 1. The van der Waals surface area contributed by atoms with Crippen LogP contribution in [0.1, 0.15) is 44.7 Å². The van der Waals surface area contributed by atoms with Gasteiger partial charge in [0.15, 0.2) is 0 Å². The Labute approximate surface area is 196 Å². The first-order valence-electron chi connectivity index (χ1n) is 11.3. The molecule has 32 heavy (non-hydrogen) atoms. The van der Waals surface area contributed by atoms with E-state index in [4.69, 9.17) is 4.74 Å². The van der Waals surface area contributed by atoms with Crippen molar-refractivity contribution in [3.8, 4) is 5.75 Å². The minimum absolute atomic E-state index is 0.0000662. The molecule has 0 fully saturated rings. The summed E-state index contributed by atoms with van der Waals surface area (Å²) in [5.41, 5.74) is 2.20. The van der Waals surface area contributed by atoms with E-state index in [9.17, 15) is 9.59 Å². The van der Waals surface area contributed by atoms with E-state index < -0.39 is 6.04 Å². The molecule has 1 atom stereocenters. The molecular formula is C26H36N2O3S. The average Bonchev–Trinajstić information content (AvgIpc) is 2.81. The lowest BCUT2D eigenvalue weighted by Gasteiger charge is -2.31. The standard InChI is InChI=1S/C26H36N2O3S/c1-5-24(26(30)27-17-20(2)3)28(18-22-12-9-13-23(16-22)31-4)25(29)14-15-32-19-21-10-7-6-8-11-21/h6-13,16,20,24H,5,14-15,17-19H2,1-4H3,(H,27,30)/t24-/m1/s1. The molecule has 2 aromatic carbocycles. The molecule has 0 radical (unpaired) electrons. The van der Waals surface area contributed by atoms with Gasteiger partial charge in [-0.05, 0) is 35.6 Å². The second kappa shape index (κ2) is 13.8. The first-order chi connectivity index (χ1) is 15.4. The highest BCUT2D eigenvalue weighted by molar-refractivity contribution is 7.98. The zero-order valence-corrected chi connectivity index (χ0v) is 20.5. The lowest BCUT2D eigenvalue weighted by Crippen LogP contribution is -2.49. The summed E-state index contributed by atoms with van der Waals surface area (Å²) in [6.45, 7) is 7.06. The van der Waals surface area contributed by atoms with Gasteiger partial charge in [0, 0.05) is 31.0 Å². The number of ether oxygens (including phenoxy) is 1. The van der Waals surface area contributed by atoms with E-state index in [1.165, 1.54) is 5.56 Å². The second-order valence-electron chi connectivity index (χ2n) is 8.22. The Morgan fingerprint density at radius 3 is 2.44 bits per heavy atom. The highest BCUT2D eigenvalue weighted by Gasteiger charge is 2.28. The summed E-state index contributed by atoms with van der Waals surface area (Å²) in [4.78, 5) is 27.9. The molecule has 0 aliphatic rings. The molecule has 2 amide bonds. The predicted molar refractivity (Wildman–Crippen MR) is 133 cm³/mol. The van der Waals surface area contributed by atoms with Crippen LogP contribution in [-0.4, -0.2) is 42.2 Å². The highest BCUT2D eigenvalue weighted by atomic mass is 32.2. The predicted octanol–water partition coefficient (Wildman–Crippen LogP) is 4.90. The van der Waals surface area contributed by atoms with E-state index in [1.807, 2.05) is 49.4 Å². The fourth-order valence-corrected chi connectivity index (χ4v) is 4.27. The van der Waals surface area contributed by atoms with Crippen molar-refractivity contribution in [1.29, 1.82) is 0 Å². The summed E-state index contributed by atoms with van der Waals surface area (Å²) in [5, 5.41) is 3.00. The van der Waals surface area contributed by atoms with Gasteiger partial charge in [-0.15, -0.1) is 0 Å². The van der Waals surface area contributed by atoms with Gasteiger partial charge in [-0.2, -0.15) is 11.8 Å². The molecule has 0 heterocycles. The van der Waals surface area contributed by atoms with Crippen molar-refractivity contribution in [3.05, 3.63) is 65.7 Å². The lowest BCUT2D eigenvalue weighted by molar-refractivity contribution is -0.141. The summed E-state index contributed by atoms with van der Waals surface area (Å²) in [6, 6.07) is 17.4. The molecule has 0 saturated heterocycles. The van der Waals surface area contributed by atoms with E-state index in [1.54, 1.807) is 23.8 Å². The van der Waals surface area contributed by atoms with Crippen LogP contribution in [0.3, 0.4) is 0 Å². The van der Waals surface area contributed by atoms with Gasteiger partial charge >= 0.3 is 0 Å². The number of amides is 2. The molecule has 0 spiro atoms. The Balaban J connectivity index is 2.08. The average molecular weight is 457 g/mol. The van der Waals surface area contributed by atoms with E-state index >= 15 is 0 Å². The second-order valence-corrected chi connectivity index (χ2v) is 9.33. The van der Waals surface area contributed by atoms with Crippen molar-refractivity contribution in [3.63, 3.8) is 0 Å². The Morgan fingerprint density at radius 1 is 1.06 bits per heavy atom. The molecule has 0 aliphatic carbocycles. The summed E-state index contributed by atoms with van der Waals surface area (Å²) >= 11 is 1.74. The van der Waals surface area contributed by atoms with Gasteiger partial charge in [0.05, 0.1) is 7.11 Å². The van der Waals surface area contributed by atoms with Crippen LogP contribution >= 0.6 is 11.8 Å². The summed E-state index contributed by atoms with van der Waals surface area (Å²) in [7, 11) is 1.63. The minimum atomic E-state index is -0.494. The van der Waals surface area contributed by atoms with Crippen LogP contribution in [0.5, 0.6) is 5.75 Å². The molecule has 0 aliphatic heterocycles. The van der Waals surface area contributed by atoms with E-state index in [0.717, 1.165) is 17.1 Å². The number of carbonyl (C=O) groups excluding carboxylic acids is 2. The highest BCUT2D eigenvalue weighted by Crippen LogP contribution is 2.19. The van der Waals surface area contributed by atoms with Crippen molar-refractivity contribution in [2.45, 2.75) is 52.0 Å². The smallest absolute Gasteiger partial charge is 0.242 e. The fourth-order valence-electron chi connectivity index (χ4n) is 3.38. The maximum absolute atomic E-state index is 13.3. The summed E-state index contributed by atoms with van der Waals surface area (Å²) < 4.78 is 5.33. The van der Waals surface area contributed by atoms with Gasteiger partial charge in [-0.1, -0.05) is 63.2 Å². The minimum Gasteiger partial charge on any atom is -0.497 e. The molecule has 0 saturated carbocycles. The molecule has 1 N–H and O–H groups in total.